The van der Waals surface area contributed by atoms with Crippen molar-refractivity contribution in [1.29, 1.82) is 0 Å². The van der Waals surface area contributed by atoms with Crippen LogP contribution in [0.4, 0.5) is 6.01 Å². The lowest BCUT2D eigenvalue weighted by molar-refractivity contribution is -0.128. The van der Waals surface area contributed by atoms with Gasteiger partial charge in [-0.15, -0.1) is 5.10 Å². The topological polar surface area (TPSA) is 74.5 Å². The average Bonchev–Trinajstić information content (AvgIpc) is 3.09. The molecule has 7 nitrogen and oxygen atoms in total. The first-order valence-corrected chi connectivity index (χ1v) is 7.58. The van der Waals surface area contributed by atoms with Gasteiger partial charge in [-0.3, -0.25) is 4.79 Å². The lowest BCUT2D eigenvalue weighted by atomic mass is 10.2. The van der Waals surface area contributed by atoms with Crippen molar-refractivity contribution in [1.82, 2.24) is 20.4 Å². The summed E-state index contributed by atoms with van der Waals surface area (Å²) in [5.74, 6) is 1.24. The smallest absolute Gasteiger partial charge is 0.318 e. The van der Waals surface area contributed by atoms with Gasteiger partial charge in [0.25, 0.3) is 0 Å². The number of rotatable bonds is 7. The highest BCUT2D eigenvalue weighted by Crippen LogP contribution is 2.12. The minimum absolute atomic E-state index is 0.118. The second-order valence-electron chi connectivity index (χ2n) is 5.95. The summed E-state index contributed by atoms with van der Waals surface area (Å²) in [5.41, 5.74) is 0. The molecule has 0 saturated carbocycles. The second kappa shape index (κ2) is 7.40. The van der Waals surface area contributed by atoms with Gasteiger partial charge >= 0.3 is 6.01 Å². The molecular weight excluding hydrogens is 270 g/mol. The number of hydrogen-bond acceptors (Lipinski definition) is 6. The fraction of sp³-hybridized carbons (Fsp3) is 0.786. The largest absolute Gasteiger partial charge is 0.407 e. The van der Waals surface area contributed by atoms with E-state index in [1.165, 1.54) is 0 Å². The van der Waals surface area contributed by atoms with Gasteiger partial charge in [-0.25, -0.2) is 0 Å². The van der Waals surface area contributed by atoms with Crippen LogP contribution in [0.5, 0.6) is 0 Å². The monoisotopic (exact) mass is 295 g/mol. The standard InChI is InChI=1S/C14H25N5O2/c1-11(2)8-15-9-12-16-17-14(21-12)18(3)10-13(20)19-6-4-5-7-19/h11,15H,4-10H2,1-3H3. The van der Waals surface area contributed by atoms with Crippen LogP contribution in [0.15, 0.2) is 4.42 Å². The van der Waals surface area contributed by atoms with E-state index in [4.69, 9.17) is 4.42 Å². The van der Waals surface area contributed by atoms with E-state index in [-0.39, 0.29) is 12.5 Å². The van der Waals surface area contributed by atoms with Gasteiger partial charge in [0, 0.05) is 20.1 Å². The number of likely N-dealkylation sites (N-methyl/N-ethyl adjacent to an activating group) is 1. The summed E-state index contributed by atoms with van der Waals surface area (Å²) in [6.45, 7) is 7.75. The van der Waals surface area contributed by atoms with Crippen LogP contribution in [-0.4, -0.2) is 54.2 Å². The molecular formula is C14H25N5O2. The Kier molecular flexibility index (Phi) is 5.55. The average molecular weight is 295 g/mol. The summed E-state index contributed by atoms with van der Waals surface area (Å²) in [7, 11) is 1.80. The Morgan fingerprint density at radius 2 is 2.10 bits per heavy atom. The van der Waals surface area contributed by atoms with Crippen LogP contribution in [0.3, 0.4) is 0 Å². The van der Waals surface area contributed by atoms with Crippen molar-refractivity contribution in [3.8, 4) is 0 Å². The summed E-state index contributed by atoms with van der Waals surface area (Å²) < 4.78 is 5.56. The molecule has 2 rings (SSSR count). The summed E-state index contributed by atoms with van der Waals surface area (Å²) >= 11 is 0. The van der Waals surface area contributed by atoms with E-state index in [9.17, 15) is 4.79 Å². The highest BCUT2D eigenvalue weighted by atomic mass is 16.4. The molecule has 1 aliphatic rings. The Balaban J connectivity index is 1.80. The number of anilines is 1. The first-order chi connectivity index (χ1) is 10.1. The van der Waals surface area contributed by atoms with E-state index >= 15 is 0 Å². The van der Waals surface area contributed by atoms with Crippen LogP contribution >= 0.6 is 0 Å². The van der Waals surface area contributed by atoms with Gasteiger partial charge in [0.15, 0.2) is 0 Å². The quantitative estimate of drug-likeness (QED) is 0.804. The van der Waals surface area contributed by atoms with E-state index in [1.807, 2.05) is 4.90 Å². The molecule has 7 heteroatoms. The number of nitrogens with one attached hydrogen (secondary N) is 1. The van der Waals surface area contributed by atoms with Crippen molar-refractivity contribution in [2.75, 3.05) is 38.1 Å². The summed E-state index contributed by atoms with van der Waals surface area (Å²) in [6.07, 6.45) is 2.20. The van der Waals surface area contributed by atoms with Crippen LogP contribution in [0.25, 0.3) is 0 Å². The van der Waals surface area contributed by atoms with Crippen LogP contribution in [0, 0.1) is 5.92 Å². The summed E-state index contributed by atoms with van der Waals surface area (Å²) in [5, 5.41) is 11.2. The molecule has 0 radical (unpaired) electrons. The van der Waals surface area contributed by atoms with E-state index in [0.29, 0.717) is 24.4 Å². The number of likely N-dealkylation sites (tertiary alicyclic amines) is 1. The van der Waals surface area contributed by atoms with Crippen molar-refractivity contribution in [3.05, 3.63) is 5.89 Å². The minimum Gasteiger partial charge on any atom is -0.407 e. The summed E-state index contributed by atoms with van der Waals surface area (Å²) in [6, 6.07) is 0.392. The molecule has 21 heavy (non-hydrogen) atoms. The van der Waals surface area contributed by atoms with Crippen LogP contribution in [0.2, 0.25) is 0 Å². The fourth-order valence-electron chi connectivity index (χ4n) is 2.28. The maximum Gasteiger partial charge on any atom is 0.318 e. The zero-order valence-electron chi connectivity index (χ0n) is 13.1. The molecule has 0 spiro atoms. The SMILES string of the molecule is CC(C)CNCc1nnc(N(C)CC(=O)N2CCCC2)o1. The predicted molar refractivity (Wildman–Crippen MR) is 79.9 cm³/mol. The van der Waals surface area contributed by atoms with Crippen LogP contribution in [0.1, 0.15) is 32.6 Å². The van der Waals surface area contributed by atoms with E-state index < -0.39 is 0 Å². The number of nitrogens with zero attached hydrogens (tertiary/aromatic N) is 4. The zero-order chi connectivity index (χ0) is 15.2. The molecule has 1 N–H and O–H groups in total. The normalized spacial score (nSPS) is 15.0. The highest BCUT2D eigenvalue weighted by Gasteiger charge is 2.21. The molecule has 1 amide bonds. The van der Waals surface area contributed by atoms with Crippen LogP contribution in [-0.2, 0) is 11.3 Å². The molecule has 1 aromatic rings. The number of aromatic nitrogens is 2. The number of hydrogen-bond donors (Lipinski definition) is 1. The second-order valence-corrected chi connectivity index (χ2v) is 5.95. The first-order valence-electron chi connectivity index (χ1n) is 7.58. The van der Waals surface area contributed by atoms with E-state index in [1.54, 1.807) is 11.9 Å². The Bertz CT molecular complexity index is 454. The number of carbonyl (C=O) groups is 1. The van der Waals surface area contributed by atoms with Crippen molar-refractivity contribution in [3.63, 3.8) is 0 Å². The molecule has 2 heterocycles. The van der Waals surface area contributed by atoms with Gasteiger partial charge in [-0.1, -0.05) is 18.9 Å². The van der Waals surface area contributed by atoms with Crippen molar-refractivity contribution in [2.24, 2.45) is 5.92 Å². The molecule has 0 unspecified atom stereocenters. The molecule has 1 aliphatic heterocycles. The van der Waals surface area contributed by atoms with E-state index in [2.05, 4.69) is 29.4 Å². The number of amides is 1. The van der Waals surface area contributed by atoms with E-state index in [0.717, 1.165) is 32.5 Å². The van der Waals surface area contributed by atoms with Gasteiger partial charge in [-0.2, -0.15) is 0 Å². The van der Waals surface area contributed by atoms with Gasteiger partial charge < -0.3 is 19.5 Å². The lowest BCUT2D eigenvalue weighted by Crippen LogP contribution is -2.37. The van der Waals surface area contributed by atoms with Gasteiger partial charge in [-0.05, 0) is 25.3 Å². The van der Waals surface area contributed by atoms with Gasteiger partial charge in [0.2, 0.25) is 11.8 Å². The molecule has 118 valence electrons. The molecule has 0 atom stereocenters. The molecule has 0 aliphatic carbocycles. The highest BCUT2D eigenvalue weighted by molar-refractivity contribution is 5.80. The Labute approximate surface area is 125 Å². The van der Waals surface area contributed by atoms with Crippen molar-refractivity contribution >= 4 is 11.9 Å². The minimum atomic E-state index is 0.118. The Morgan fingerprint density at radius 1 is 1.38 bits per heavy atom. The van der Waals surface area contributed by atoms with Gasteiger partial charge in [0.05, 0.1) is 6.54 Å². The van der Waals surface area contributed by atoms with Crippen molar-refractivity contribution < 1.29 is 9.21 Å². The zero-order valence-corrected chi connectivity index (χ0v) is 13.1. The Hall–Kier alpha value is -1.63. The van der Waals surface area contributed by atoms with Gasteiger partial charge in [0.1, 0.15) is 6.54 Å². The van der Waals surface area contributed by atoms with Crippen molar-refractivity contribution in [2.45, 2.75) is 33.2 Å². The maximum absolute atomic E-state index is 12.1. The molecule has 0 aromatic carbocycles. The molecule has 1 aromatic heterocycles. The molecule has 1 saturated heterocycles. The first kappa shape index (κ1) is 15.8. The lowest BCUT2D eigenvalue weighted by Gasteiger charge is -2.19. The fourth-order valence-corrected chi connectivity index (χ4v) is 2.28. The maximum atomic E-state index is 12.1. The third-order valence-electron chi connectivity index (χ3n) is 3.44. The number of carbonyl (C=O) groups excluding carboxylic acids is 1. The predicted octanol–water partition coefficient (Wildman–Crippen LogP) is 0.874. The summed E-state index contributed by atoms with van der Waals surface area (Å²) in [4.78, 5) is 15.7. The third kappa shape index (κ3) is 4.70. The third-order valence-corrected chi connectivity index (χ3v) is 3.44. The molecule has 0 bridgehead atoms. The Morgan fingerprint density at radius 3 is 2.76 bits per heavy atom. The molecule has 1 fully saturated rings. The van der Waals surface area contributed by atoms with Crippen LogP contribution < -0.4 is 10.2 Å².